The van der Waals surface area contributed by atoms with Crippen LogP contribution in [-0.4, -0.2) is 41.0 Å². The molecular formula is C34H46O6. The van der Waals surface area contributed by atoms with Gasteiger partial charge in [0.2, 0.25) is 0 Å². The highest BCUT2D eigenvalue weighted by molar-refractivity contribution is 6.02. The molecule has 2 aliphatic rings. The second kappa shape index (κ2) is 10.4. The van der Waals surface area contributed by atoms with Gasteiger partial charge in [0.1, 0.15) is 0 Å². The van der Waals surface area contributed by atoms with Crippen LogP contribution in [0.4, 0.5) is 0 Å². The van der Waals surface area contributed by atoms with Crippen molar-refractivity contribution in [1.29, 1.82) is 0 Å². The minimum Gasteiger partial charge on any atom is -0.493 e. The number of aldehydes is 2. The molecule has 0 N–H and O–H groups in total. The zero-order chi connectivity index (χ0) is 29.7. The maximum atomic E-state index is 12.8. The summed E-state index contributed by atoms with van der Waals surface area (Å²) >= 11 is 0. The molecule has 0 spiro atoms. The molecule has 218 valence electrons. The summed E-state index contributed by atoms with van der Waals surface area (Å²) in [6.07, 6.45) is 7.93. The van der Waals surface area contributed by atoms with Crippen LogP contribution in [0.25, 0.3) is 11.1 Å². The Balaban J connectivity index is 2.13. The Labute approximate surface area is 239 Å². The highest BCUT2D eigenvalue weighted by atomic mass is 16.5. The maximum absolute atomic E-state index is 12.8. The standard InChI is InChI=1S/C34H46O6/c1-31(2)13-11-15-33(31,5)23-17-21(19-35)25(29(39-9)27(23)37-7)26-22(20-36)18-24(28(38-8)30(26)40-10)34(6)16-12-14-32(34,3)4/h17-20H,11-16H2,1-10H3/t33-,34-/m1/s1. The molecule has 2 aliphatic carbocycles. The van der Waals surface area contributed by atoms with E-state index in [0.29, 0.717) is 45.3 Å². The van der Waals surface area contributed by atoms with Crippen LogP contribution in [0.5, 0.6) is 23.0 Å². The van der Waals surface area contributed by atoms with Crippen molar-refractivity contribution in [2.45, 2.75) is 90.9 Å². The summed E-state index contributed by atoms with van der Waals surface area (Å²) in [5, 5.41) is 0. The van der Waals surface area contributed by atoms with E-state index in [1.165, 1.54) is 0 Å². The Kier molecular flexibility index (Phi) is 7.81. The predicted octanol–water partition coefficient (Wildman–Crippen LogP) is 7.95. The summed E-state index contributed by atoms with van der Waals surface area (Å²) in [4.78, 5) is 25.6. The molecule has 0 aromatic heterocycles. The van der Waals surface area contributed by atoms with Gasteiger partial charge in [0.15, 0.2) is 35.6 Å². The highest BCUT2D eigenvalue weighted by Crippen LogP contribution is 2.61. The molecule has 0 heterocycles. The van der Waals surface area contributed by atoms with Crippen LogP contribution in [0.15, 0.2) is 12.1 Å². The van der Waals surface area contributed by atoms with Crippen molar-refractivity contribution in [1.82, 2.24) is 0 Å². The number of carbonyl (C=O) groups excluding carboxylic acids is 2. The van der Waals surface area contributed by atoms with Gasteiger partial charge in [-0.15, -0.1) is 0 Å². The van der Waals surface area contributed by atoms with Crippen LogP contribution in [0.2, 0.25) is 0 Å². The third kappa shape index (κ3) is 4.12. The smallest absolute Gasteiger partial charge is 0.169 e. The van der Waals surface area contributed by atoms with Crippen molar-refractivity contribution in [2.24, 2.45) is 10.8 Å². The molecule has 0 amide bonds. The van der Waals surface area contributed by atoms with Gasteiger partial charge < -0.3 is 18.9 Å². The Morgan fingerprint density at radius 2 is 0.875 bits per heavy atom. The van der Waals surface area contributed by atoms with Crippen LogP contribution >= 0.6 is 0 Å². The van der Waals surface area contributed by atoms with E-state index in [1.807, 2.05) is 12.1 Å². The first kappa shape index (κ1) is 30.0. The Morgan fingerprint density at radius 3 is 1.10 bits per heavy atom. The van der Waals surface area contributed by atoms with E-state index in [0.717, 1.165) is 62.2 Å². The van der Waals surface area contributed by atoms with Crippen LogP contribution in [0.1, 0.15) is 112 Å². The summed E-state index contributed by atoms with van der Waals surface area (Å²) < 4.78 is 24.2. The SMILES string of the molecule is COc1c([C@@]2(C)CCCC2(C)C)cc(C=O)c(-c2c(C=O)cc([C@@]3(C)CCCC3(C)C)c(OC)c2OC)c1OC. The number of methoxy groups -OCH3 is 4. The third-order valence-corrected chi connectivity index (χ3v) is 11.0. The zero-order valence-corrected chi connectivity index (χ0v) is 26.0. The van der Waals surface area contributed by atoms with Crippen molar-refractivity contribution < 1.29 is 28.5 Å². The molecule has 0 unspecified atom stereocenters. The lowest BCUT2D eigenvalue weighted by Gasteiger charge is -2.41. The molecule has 40 heavy (non-hydrogen) atoms. The van der Waals surface area contributed by atoms with Gasteiger partial charge >= 0.3 is 0 Å². The number of carbonyl (C=O) groups is 2. The van der Waals surface area contributed by atoms with Crippen molar-refractivity contribution >= 4 is 12.6 Å². The third-order valence-electron chi connectivity index (χ3n) is 11.0. The molecule has 0 bridgehead atoms. The highest BCUT2D eigenvalue weighted by Gasteiger charge is 2.50. The van der Waals surface area contributed by atoms with E-state index in [9.17, 15) is 9.59 Å². The molecule has 4 rings (SSSR count). The van der Waals surface area contributed by atoms with Gasteiger partial charge in [-0.2, -0.15) is 0 Å². The first-order chi connectivity index (χ1) is 18.8. The van der Waals surface area contributed by atoms with E-state index in [-0.39, 0.29) is 21.7 Å². The van der Waals surface area contributed by atoms with Gasteiger partial charge in [-0.25, -0.2) is 0 Å². The maximum Gasteiger partial charge on any atom is 0.169 e. The van der Waals surface area contributed by atoms with E-state index in [1.54, 1.807) is 28.4 Å². The molecule has 0 saturated heterocycles. The van der Waals surface area contributed by atoms with Gasteiger partial charge in [-0.3, -0.25) is 9.59 Å². The van der Waals surface area contributed by atoms with Crippen LogP contribution in [-0.2, 0) is 10.8 Å². The molecule has 2 atom stereocenters. The first-order valence-electron chi connectivity index (χ1n) is 14.3. The van der Waals surface area contributed by atoms with Crippen molar-refractivity contribution in [3.05, 3.63) is 34.4 Å². The molecule has 0 aliphatic heterocycles. The lowest BCUT2D eigenvalue weighted by Crippen LogP contribution is -2.35. The summed E-state index contributed by atoms with van der Waals surface area (Å²) in [5.41, 5.74) is 3.17. The summed E-state index contributed by atoms with van der Waals surface area (Å²) in [7, 11) is 6.40. The fraction of sp³-hybridized carbons (Fsp3) is 0.588. The Bertz CT molecular complexity index is 1220. The average Bonchev–Trinajstić information content (AvgIpc) is 3.37. The summed E-state index contributed by atoms with van der Waals surface area (Å²) in [5.74, 6) is 1.97. The molecule has 6 heteroatoms. The second-order valence-corrected chi connectivity index (χ2v) is 13.3. The second-order valence-electron chi connectivity index (χ2n) is 13.3. The molecule has 0 radical (unpaired) electrons. The number of benzene rings is 2. The molecular weight excluding hydrogens is 504 g/mol. The zero-order valence-electron chi connectivity index (χ0n) is 26.0. The van der Waals surface area contributed by atoms with E-state index in [4.69, 9.17) is 18.9 Å². The van der Waals surface area contributed by atoms with Gasteiger partial charge in [0, 0.05) is 44.2 Å². The summed E-state index contributed by atoms with van der Waals surface area (Å²) in [6.45, 7) is 13.5. The topological polar surface area (TPSA) is 71.1 Å². The van der Waals surface area contributed by atoms with E-state index < -0.39 is 0 Å². The van der Waals surface area contributed by atoms with Gasteiger partial charge in [0.05, 0.1) is 28.4 Å². The van der Waals surface area contributed by atoms with Crippen molar-refractivity contribution in [3.63, 3.8) is 0 Å². The van der Waals surface area contributed by atoms with Crippen molar-refractivity contribution in [2.75, 3.05) is 28.4 Å². The van der Waals surface area contributed by atoms with Crippen molar-refractivity contribution in [3.8, 4) is 34.1 Å². The van der Waals surface area contributed by atoms with E-state index in [2.05, 4.69) is 41.5 Å². The first-order valence-corrected chi connectivity index (χ1v) is 14.3. The molecule has 2 aromatic rings. The predicted molar refractivity (Wildman–Crippen MR) is 159 cm³/mol. The van der Waals surface area contributed by atoms with Gasteiger partial charge in [-0.05, 0) is 48.6 Å². The Morgan fingerprint density at radius 1 is 0.550 bits per heavy atom. The molecule has 2 fully saturated rings. The largest absolute Gasteiger partial charge is 0.493 e. The quantitative estimate of drug-likeness (QED) is 0.295. The minimum absolute atomic E-state index is 0.00694. The molecule has 2 saturated carbocycles. The van der Waals surface area contributed by atoms with Crippen LogP contribution in [0.3, 0.4) is 0 Å². The average molecular weight is 551 g/mol. The lowest BCUT2D eigenvalue weighted by atomic mass is 9.64. The Hall–Kier alpha value is -3.02. The lowest BCUT2D eigenvalue weighted by molar-refractivity contribution is 0.111. The monoisotopic (exact) mass is 550 g/mol. The number of rotatable bonds is 9. The number of ether oxygens (including phenoxy) is 4. The summed E-state index contributed by atoms with van der Waals surface area (Å²) in [6, 6.07) is 3.85. The van der Waals surface area contributed by atoms with Crippen LogP contribution in [0, 0.1) is 10.8 Å². The minimum atomic E-state index is -0.232. The fourth-order valence-corrected chi connectivity index (χ4v) is 7.63. The van der Waals surface area contributed by atoms with Gasteiger partial charge in [0.25, 0.3) is 0 Å². The fourth-order valence-electron chi connectivity index (χ4n) is 7.63. The molecule has 6 nitrogen and oxygen atoms in total. The van der Waals surface area contributed by atoms with Crippen LogP contribution < -0.4 is 18.9 Å². The normalized spacial score (nSPS) is 24.9. The number of hydrogen-bond acceptors (Lipinski definition) is 6. The number of hydrogen-bond donors (Lipinski definition) is 0. The van der Waals surface area contributed by atoms with Gasteiger partial charge in [-0.1, -0.05) is 54.4 Å². The van der Waals surface area contributed by atoms with E-state index >= 15 is 0 Å². The molecule has 2 aromatic carbocycles.